The highest BCUT2D eigenvalue weighted by molar-refractivity contribution is 5.54. The third-order valence-electron chi connectivity index (χ3n) is 5.02. The summed E-state index contributed by atoms with van der Waals surface area (Å²) in [5, 5.41) is 13.1. The number of para-hydroxylation sites is 1. The molecule has 1 fully saturated rings. The third-order valence-corrected chi connectivity index (χ3v) is 5.02. The van der Waals surface area contributed by atoms with E-state index in [2.05, 4.69) is 70.2 Å². The Morgan fingerprint density at radius 1 is 1.21 bits per heavy atom. The van der Waals surface area contributed by atoms with Crippen LogP contribution in [0.2, 0.25) is 0 Å². The summed E-state index contributed by atoms with van der Waals surface area (Å²) in [7, 11) is 0. The van der Waals surface area contributed by atoms with Crippen LogP contribution in [0.5, 0.6) is 0 Å². The zero-order chi connectivity index (χ0) is 16.7. The molecule has 0 bridgehead atoms. The molecule has 128 valence electrons. The Morgan fingerprint density at radius 2 is 2.04 bits per heavy atom. The molecule has 2 aliphatic rings. The van der Waals surface area contributed by atoms with E-state index in [1.807, 2.05) is 0 Å². The zero-order valence-corrected chi connectivity index (χ0v) is 14.8. The highest BCUT2D eigenvalue weighted by Gasteiger charge is 2.31. The SMILES string of the molecule is CC(C)(C)n1nnc(CN2CC3CCCN3Cc3ccccc32)n1. The number of aromatic nitrogens is 4. The molecule has 6 nitrogen and oxygen atoms in total. The van der Waals surface area contributed by atoms with Gasteiger partial charge in [0.25, 0.3) is 0 Å². The van der Waals surface area contributed by atoms with Gasteiger partial charge in [-0.3, -0.25) is 4.90 Å². The molecule has 1 saturated heterocycles. The molecule has 0 aliphatic carbocycles. The van der Waals surface area contributed by atoms with Crippen LogP contribution in [0.3, 0.4) is 0 Å². The van der Waals surface area contributed by atoms with Crippen molar-refractivity contribution in [2.45, 2.75) is 58.3 Å². The maximum absolute atomic E-state index is 4.60. The summed E-state index contributed by atoms with van der Waals surface area (Å²) in [6.07, 6.45) is 2.59. The highest BCUT2D eigenvalue weighted by Crippen LogP contribution is 2.32. The molecular weight excluding hydrogens is 300 g/mol. The Morgan fingerprint density at radius 3 is 2.83 bits per heavy atom. The lowest BCUT2D eigenvalue weighted by Gasteiger charge is -2.27. The third kappa shape index (κ3) is 2.90. The topological polar surface area (TPSA) is 50.1 Å². The minimum absolute atomic E-state index is 0.135. The minimum Gasteiger partial charge on any atom is -0.362 e. The first-order valence-electron chi connectivity index (χ1n) is 8.87. The predicted octanol–water partition coefficient (Wildman–Crippen LogP) is 2.41. The maximum atomic E-state index is 4.60. The van der Waals surface area contributed by atoms with Crippen molar-refractivity contribution >= 4 is 5.69 Å². The Labute approximate surface area is 143 Å². The second kappa shape index (κ2) is 5.84. The Bertz CT molecular complexity index is 716. The van der Waals surface area contributed by atoms with Gasteiger partial charge in [0, 0.05) is 24.8 Å². The fourth-order valence-electron chi connectivity index (χ4n) is 3.75. The van der Waals surface area contributed by atoms with Gasteiger partial charge in [-0.2, -0.15) is 4.80 Å². The van der Waals surface area contributed by atoms with Crippen LogP contribution in [0.25, 0.3) is 0 Å². The van der Waals surface area contributed by atoms with E-state index >= 15 is 0 Å². The number of nitrogens with zero attached hydrogens (tertiary/aromatic N) is 6. The van der Waals surface area contributed by atoms with Gasteiger partial charge in [-0.25, -0.2) is 0 Å². The number of hydrogen-bond acceptors (Lipinski definition) is 5. The van der Waals surface area contributed by atoms with Gasteiger partial charge in [-0.15, -0.1) is 10.2 Å². The van der Waals surface area contributed by atoms with Crippen LogP contribution in [-0.4, -0.2) is 44.2 Å². The average Bonchev–Trinajstić information content (AvgIpc) is 3.14. The molecule has 0 saturated carbocycles. The van der Waals surface area contributed by atoms with Gasteiger partial charge in [-0.1, -0.05) is 18.2 Å². The van der Waals surface area contributed by atoms with Gasteiger partial charge in [-0.05, 0) is 57.0 Å². The van der Waals surface area contributed by atoms with Crippen LogP contribution >= 0.6 is 0 Å². The van der Waals surface area contributed by atoms with E-state index in [0.29, 0.717) is 6.04 Å². The molecule has 4 rings (SSSR count). The summed E-state index contributed by atoms with van der Waals surface area (Å²) in [5.41, 5.74) is 2.59. The summed E-state index contributed by atoms with van der Waals surface area (Å²) < 4.78 is 0. The molecular formula is C18H26N6. The molecule has 1 aromatic carbocycles. The molecule has 0 N–H and O–H groups in total. The van der Waals surface area contributed by atoms with Crippen LogP contribution in [0.4, 0.5) is 5.69 Å². The Kier molecular flexibility index (Phi) is 3.79. The summed E-state index contributed by atoms with van der Waals surface area (Å²) in [5.74, 6) is 0.797. The van der Waals surface area contributed by atoms with Crippen molar-refractivity contribution in [3.63, 3.8) is 0 Å². The number of benzene rings is 1. The second-order valence-corrected chi connectivity index (χ2v) is 7.94. The normalized spacial score (nSPS) is 21.5. The molecule has 1 atom stereocenters. The van der Waals surface area contributed by atoms with Gasteiger partial charge in [0.05, 0.1) is 12.1 Å². The summed E-state index contributed by atoms with van der Waals surface area (Å²) in [6.45, 7) is 10.3. The molecule has 0 spiro atoms. The summed E-state index contributed by atoms with van der Waals surface area (Å²) in [6, 6.07) is 9.38. The second-order valence-electron chi connectivity index (χ2n) is 7.94. The molecule has 2 aromatic rings. The predicted molar refractivity (Wildman–Crippen MR) is 93.7 cm³/mol. The summed E-state index contributed by atoms with van der Waals surface area (Å²) >= 11 is 0. The first-order chi connectivity index (χ1) is 11.5. The number of rotatable bonds is 2. The molecule has 24 heavy (non-hydrogen) atoms. The van der Waals surface area contributed by atoms with Gasteiger partial charge < -0.3 is 4.90 Å². The Balaban J connectivity index is 1.62. The highest BCUT2D eigenvalue weighted by atomic mass is 15.6. The van der Waals surface area contributed by atoms with Crippen LogP contribution in [-0.2, 0) is 18.6 Å². The van der Waals surface area contributed by atoms with Crippen molar-refractivity contribution in [3.05, 3.63) is 35.7 Å². The lowest BCUT2D eigenvalue weighted by atomic mass is 10.1. The van der Waals surface area contributed by atoms with Crippen molar-refractivity contribution < 1.29 is 0 Å². The molecule has 2 aliphatic heterocycles. The van der Waals surface area contributed by atoms with E-state index in [4.69, 9.17) is 0 Å². The molecule has 0 radical (unpaired) electrons. The van der Waals surface area contributed by atoms with Crippen molar-refractivity contribution in [3.8, 4) is 0 Å². The molecule has 6 heteroatoms. The minimum atomic E-state index is -0.135. The Hall–Kier alpha value is -1.95. The maximum Gasteiger partial charge on any atom is 0.194 e. The van der Waals surface area contributed by atoms with Gasteiger partial charge >= 0.3 is 0 Å². The average molecular weight is 326 g/mol. The van der Waals surface area contributed by atoms with Crippen LogP contribution < -0.4 is 4.90 Å². The van der Waals surface area contributed by atoms with Gasteiger partial charge in [0.2, 0.25) is 0 Å². The van der Waals surface area contributed by atoms with Crippen LogP contribution in [0.15, 0.2) is 24.3 Å². The van der Waals surface area contributed by atoms with Crippen molar-refractivity contribution in [1.82, 2.24) is 25.1 Å². The lowest BCUT2D eigenvalue weighted by Crippen LogP contribution is -2.37. The molecule has 1 unspecified atom stereocenters. The summed E-state index contributed by atoms with van der Waals surface area (Å²) in [4.78, 5) is 6.78. The van der Waals surface area contributed by atoms with E-state index in [0.717, 1.165) is 25.5 Å². The van der Waals surface area contributed by atoms with Crippen LogP contribution in [0, 0.1) is 0 Å². The smallest absolute Gasteiger partial charge is 0.194 e. The van der Waals surface area contributed by atoms with Crippen molar-refractivity contribution in [2.24, 2.45) is 0 Å². The van der Waals surface area contributed by atoms with E-state index in [9.17, 15) is 0 Å². The number of tetrazole rings is 1. The van der Waals surface area contributed by atoms with Crippen molar-refractivity contribution in [2.75, 3.05) is 18.0 Å². The molecule has 3 heterocycles. The van der Waals surface area contributed by atoms with E-state index in [-0.39, 0.29) is 5.54 Å². The van der Waals surface area contributed by atoms with E-state index in [1.54, 1.807) is 4.80 Å². The first-order valence-corrected chi connectivity index (χ1v) is 8.87. The quantitative estimate of drug-likeness (QED) is 0.848. The fourth-order valence-corrected chi connectivity index (χ4v) is 3.75. The largest absolute Gasteiger partial charge is 0.362 e. The zero-order valence-electron chi connectivity index (χ0n) is 14.8. The van der Waals surface area contributed by atoms with Crippen molar-refractivity contribution in [1.29, 1.82) is 0 Å². The van der Waals surface area contributed by atoms with Gasteiger partial charge in [0.15, 0.2) is 5.82 Å². The number of hydrogen-bond donors (Lipinski definition) is 0. The van der Waals surface area contributed by atoms with E-state index < -0.39 is 0 Å². The fraction of sp³-hybridized carbons (Fsp3) is 0.611. The molecule has 0 amide bonds. The monoisotopic (exact) mass is 326 g/mol. The lowest BCUT2D eigenvalue weighted by molar-refractivity contribution is 0.254. The number of fused-ring (bicyclic) bond motifs is 2. The number of anilines is 1. The molecule has 1 aromatic heterocycles. The van der Waals surface area contributed by atoms with Crippen LogP contribution in [0.1, 0.15) is 45.0 Å². The van der Waals surface area contributed by atoms with Gasteiger partial charge in [0.1, 0.15) is 0 Å². The van der Waals surface area contributed by atoms with E-state index in [1.165, 1.54) is 30.6 Å². The first kappa shape index (κ1) is 15.6. The standard InChI is InChI=1S/C18H26N6/c1-18(2,3)24-20-17(19-21-24)13-23-12-15-8-6-10-22(15)11-14-7-4-5-9-16(14)23/h4-5,7,9,15H,6,8,10-13H2,1-3H3.